The second-order valence-corrected chi connectivity index (χ2v) is 8.43. The van der Waals surface area contributed by atoms with E-state index in [1.165, 1.54) is 10.7 Å². The first-order valence-electron chi connectivity index (χ1n) is 11.1. The van der Waals surface area contributed by atoms with Crippen LogP contribution in [0.1, 0.15) is 30.1 Å². The van der Waals surface area contributed by atoms with E-state index in [2.05, 4.69) is 10.4 Å². The third-order valence-corrected chi connectivity index (χ3v) is 5.85. The lowest BCUT2D eigenvalue weighted by molar-refractivity contribution is -0.120. The molecule has 1 aliphatic heterocycles. The van der Waals surface area contributed by atoms with Crippen molar-refractivity contribution in [2.75, 3.05) is 29.9 Å². The van der Waals surface area contributed by atoms with Crippen molar-refractivity contribution in [2.24, 2.45) is 5.92 Å². The molecule has 0 saturated carbocycles. The summed E-state index contributed by atoms with van der Waals surface area (Å²) in [7, 11) is 0. The Bertz CT molecular complexity index is 1240. The molecular formula is C25H25ClN4O4. The highest BCUT2D eigenvalue weighted by Gasteiger charge is 2.27. The number of aromatic nitrogens is 2. The number of nitrogens with one attached hydrogen (secondary N) is 1. The Morgan fingerprint density at radius 2 is 1.94 bits per heavy atom. The van der Waals surface area contributed by atoms with Crippen LogP contribution in [-0.4, -0.2) is 41.4 Å². The van der Waals surface area contributed by atoms with Gasteiger partial charge in [-0.3, -0.25) is 9.59 Å². The number of rotatable bonds is 6. The molecule has 0 unspecified atom stereocenters. The van der Waals surface area contributed by atoms with Crippen LogP contribution in [0.3, 0.4) is 0 Å². The summed E-state index contributed by atoms with van der Waals surface area (Å²) < 4.78 is 6.30. The Morgan fingerprint density at radius 1 is 1.15 bits per heavy atom. The number of esters is 1. The summed E-state index contributed by atoms with van der Waals surface area (Å²) in [6.07, 6.45) is 1.56. The number of piperidine rings is 1. The molecule has 1 atom stereocenters. The molecule has 2 aromatic carbocycles. The van der Waals surface area contributed by atoms with Crippen molar-refractivity contribution in [1.29, 1.82) is 0 Å². The highest BCUT2D eigenvalue weighted by atomic mass is 35.5. The summed E-state index contributed by atoms with van der Waals surface area (Å²) >= 11 is 6.07. The molecule has 4 rings (SSSR count). The molecule has 0 radical (unpaired) electrons. The monoisotopic (exact) mass is 480 g/mol. The van der Waals surface area contributed by atoms with E-state index >= 15 is 0 Å². The fraction of sp³-hybridized carbons (Fsp3) is 0.280. The molecule has 1 saturated heterocycles. The number of halogens is 1. The normalized spacial score (nSPS) is 15.6. The van der Waals surface area contributed by atoms with Crippen molar-refractivity contribution < 1.29 is 14.3 Å². The number of amides is 1. The predicted octanol–water partition coefficient (Wildman–Crippen LogP) is 3.92. The Morgan fingerprint density at radius 3 is 2.68 bits per heavy atom. The van der Waals surface area contributed by atoms with Gasteiger partial charge < -0.3 is 15.0 Å². The number of anilines is 2. The molecule has 1 aliphatic rings. The molecule has 1 aromatic heterocycles. The van der Waals surface area contributed by atoms with E-state index in [9.17, 15) is 14.4 Å². The number of hydrogen-bond acceptors (Lipinski definition) is 6. The van der Waals surface area contributed by atoms with E-state index < -0.39 is 5.97 Å². The quantitative estimate of drug-likeness (QED) is 0.537. The van der Waals surface area contributed by atoms with Crippen molar-refractivity contribution in [3.8, 4) is 5.69 Å². The molecular weight excluding hydrogens is 456 g/mol. The van der Waals surface area contributed by atoms with Gasteiger partial charge in [0, 0.05) is 29.9 Å². The van der Waals surface area contributed by atoms with Gasteiger partial charge in [-0.25, -0.2) is 4.79 Å². The van der Waals surface area contributed by atoms with Gasteiger partial charge in [0.2, 0.25) is 5.91 Å². The average Bonchev–Trinajstić information content (AvgIpc) is 2.85. The van der Waals surface area contributed by atoms with Crippen LogP contribution in [-0.2, 0) is 9.53 Å². The second-order valence-electron chi connectivity index (χ2n) is 7.99. The van der Waals surface area contributed by atoms with Crippen molar-refractivity contribution in [3.63, 3.8) is 0 Å². The van der Waals surface area contributed by atoms with Crippen LogP contribution in [0.25, 0.3) is 5.69 Å². The van der Waals surface area contributed by atoms with E-state index in [0.717, 1.165) is 19.4 Å². The number of carbonyl (C=O) groups excluding carboxylic acids is 2. The fourth-order valence-electron chi connectivity index (χ4n) is 3.91. The number of nitrogens with zero attached hydrogens (tertiary/aromatic N) is 3. The molecule has 0 spiro atoms. The SMILES string of the molecule is CCOC(=O)c1ccc(NC(=O)[C@@H]2CCCN(c3ccc(=O)n(-c4cccc(Cl)c4)n3)C2)cc1. The zero-order valence-corrected chi connectivity index (χ0v) is 19.5. The lowest BCUT2D eigenvalue weighted by Gasteiger charge is -2.33. The van der Waals surface area contributed by atoms with Crippen LogP contribution >= 0.6 is 11.6 Å². The molecule has 2 heterocycles. The lowest BCUT2D eigenvalue weighted by atomic mass is 9.97. The molecule has 1 fully saturated rings. The maximum absolute atomic E-state index is 12.9. The Kier molecular flexibility index (Phi) is 7.27. The van der Waals surface area contributed by atoms with Gasteiger partial charge in [-0.2, -0.15) is 4.68 Å². The summed E-state index contributed by atoms with van der Waals surface area (Å²) in [6.45, 7) is 3.27. The first-order valence-corrected chi connectivity index (χ1v) is 11.5. The van der Waals surface area contributed by atoms with Crippen LogP contribution in [0.4, 0.5) is 11.5 Å². The largest absolute Gasteiger partial charge is 0.462 e. The summed E-state index contributed by atoms with van der Waals surface area (Å²) in [5.74, 6) is -0.116. The molecule has 8 nitrogen and oxygen atoms in total. The van der Waals surface area contributed by atoms with E-state index in [-0.39, 0.29) is 17.4 Å². The summed E-state index contributed by atoms with van der Waals surface area (Å²) in [5, 5.41) is 7.96. The highest BCUT2D eigenvalue weighted by Crippen LogP contribution is 2.23. The zero-order valence-electron chi connectivity index (χ0n) is 18.7. The first-order chi connectivity index (χ1) is 16.4. The van der Waals surface area contributed by atoms with E-state index in [4.69, 9.17) is 16.3 Å². The summed E-state index contributed by atoms with van der Waals surface area (Å²) in [6, 6.07) is 16.7. The topological polar surface area (TPSA) is 93.5 Å². The van der Waals surface area contributed by atoms with Gasteiger partial charge >= 0.3 is 5.97 Å². The summed E-state index contributed by atoms with van der Waals surface area (Å²) in [4.78, 5) is 39.1. The number of carbonyl (C=O) groups is 2. The molecule has 0 aliphatic carbocycles. The second kappa shape index (κ2) is 10.5. The van der Waals surface area contributed by atoms with Gasteiger partial charge in [0.25, 0.3) is 5.56 Å². The lowest BCUT2D eigenvalue weighted by Crippen LogP contribution is -2.41. The maximum Gasteiger partial charge on any atom is 0.338 e. The minimum atomic E-state index is -0.394. The van der Waals surface area contributed by atoms with Crippen LogP contribution in [0.15, 0.2) is 65.5 Å². The van der Waals surface area contributed by atoms with E-state index in [1.54, 1.807) is 61.5 Å². The minimum absolute atomic E-state index is 0.100. The van der Waals surface area contributed by atoms with Gasteiger partial charge in [-0.05, 0) is 68.3 Å². The Balaban J connectivity index is 1.45. The first kappa shape index (κ1) is 23.5. The Labute approximate surface area is 202 Å². The van der Waals surface area contributed by atoms with Crippen molar-refractivity contribution in [1.82, 2.24) is 9.78 Å². The minimum Gasteiger partial charge on any atom is -0.462 e. The highest BCUT2D eigenvalue weighted by molar-refractivity contribution is 6.30. The van der Waals surface area contributed by atoms with Gasteiger partial charge in [-0.1, -0.05) is 17.7 Å². The van der Waals surface area contributed by atoms with Crippen molar-refractivity contribution in [3.05, 3.63) is 81.6 Å². The molecule has 34 heavy (non-hydrogen) atoms. The third kappa shape index (κ3) is 5.46. The molecule has 3 aromatic rings. The smallest absolute Gasteiger partial charge is 0.338 e. The molecule has 0 bridgehead atoms. The Hall–Kier alpha value is -3.65. The van der Waals surface area contributed by atoms with E-state index in [0.29, 0.717) is 40.9 Å². The fourth-order valence-corrected chi connectivity index (χ4v) is 4.10. The number of hydrogen-bond donors (Lipinski definition) is 1. The number of benzene rings is 2. The van der Waals surface area contributed by atoms with Gasteiger partial charge in [0.15, 0.2) is 0 Å². The summed E-state index contributed by atoms with van der Waals surface area (Å²) in [5.41, 5.74) is 1.37. The maximum atomic E-state index is 12.9. The van der Waals surface area contributed by atoms with Crippen LogP contribution in [0.5, 0.6) is 0 Å². The number of ether oxygens (including phenoxy) is 1. The third-order valence-electron chi connectivity index (χ3n) is 5.62. The predicted molar refractivity (Wildman–Crippen MR) is 131 cm³/mol. The standard InChI is InChI=1S/C25H25ClN4O4/c1-2-34-25(33)17-8-10-20(11-9-17)27-24(32)18-5-4-14-29(16-18)22-12-13-23(31)30(28-22)21-7-3-6-19(26)15-21/h3,6-13,15,18H,2,4-5,14,16H2,1H3,(H,27,32)/t18-/m1/s1. The molecule has 176 valence electrons. The van der Waals surface area contributed by atoms with E-state index in [1.807, 2.05) is 4.90 Å². The molecule has 9 heteroatoms. The van der Waals surface area contributed by atoms with Gasteiger partial charge in [0.05, 0.1) is 23.8 Å². The van der Waals surface area contributed by atoms with Crippen LogP contribution in [0.2, 0.25) is 5.02 Å². The average molecular weight is 481 g/mol. The molecule has 1 amide bonds. The van der Waals surface area contributed by atoms with Gasteiger partial charge in [-0.15, -0.1) is 5.10 Å². The van der Waals surface area contributed by atoms with Crippen molar-refractivity contribution in [2.45, 2.75) is 19.8 Å². The van der Waals surface area contributed by atoms with Gasteiger partial charge in [0.1, 0.15) is 5.82 Å². The van der Waals surface area contributed by atoms with Crippen LogP contribution in [0, 0.1) is 5.92 Å². The van der Waals surface area contributed by atoms with Crippen molar-refractivity contribution >= 4 is 35.0 Å². The molecule has 1 N–H and O–H groups in total. The van der Waals surface area contributed by atoms with Crippen LogP contribution < -0.4 is 15.8 Å². The zero-order chi connectivity index (χ0) is 24.1.